The van der Waals surface area contributed by atoms with Gasteiger partial charge in [0.05, 0.1) is 0 Å². The van der Waals surface area contributed by atoms with Crippen molar-refractivity contribution >= 4 is 5.57 Å². The highest BCUT2D eigenvalue weighted by molar-refractivity contribution is 5.60. The first-order valence-electron chi connectivity index (χ1n) is 5.33. The zero-order chi connectivity index (χ0) is 11.4. The fourth-order valence-electron chi connectivity index (χ4n) is 1.62. The summed E-state index contributed by atoms with van der Waals surface area (Å²) >= 11 is 0. The third-order valence-electron chi connectivity index (χ3n) is 2.54. The summed E-state index contributed by atoms with van der Waals surface area (Å²) < 4.78 is 0. The molecule has 2 rings (SSSR count). The minimum absolute atomic E-state index is 0.855. The van der Waals surface area contributed by atoms with E-state index in [9.17, 15) is 0 Å². The van der Waals surface area contributed by atoms with Crippen molar-refractivity contribution in [1.82, 2.24) is 4.98 Å². The average molecular weight is 208 g/mol. The maximum Gasteiger partial charge on any atom is 0.0303 e. The van der Waals surface area contributed by atoms with Gasteiger partial charge in [-0.2, -0.15) is 0 Å². The van der Waals surface area contributed by atoms with E-state index < -0.39 is 0 Å². The van der Waals surface area contributed by atoms with Crippen LogP contribution in [-0.2, 0) is 6.42 Å². The summed E-state index contributed by atoms with van der Waals surface area (Å²) in [4.78, 5) is 4.10. The van der Waals surface area contributed by atoms with Crippen LogP contribution in [0.15, 0.2) is 48.8 Å². The number of nitrogens with zero attached hydrogens (tertiary/aromatic N) is 1. The molecule has 0 aliphatic carbocycles. The molecule has 79 valence electrons. The Balaban J connectivity index is 2.14. The fraction of sp³-hybridized carbons (Fsp3) is 0.133. The van der Waals surface area contributed by atoms with Gasteiger partial charge in [-0.1, -0.05) is 36.9 Å². The lowest BCUT2D eigenvalue weighted by Crippen LogP contribution is -1.89. The molecular weight excluding hydrogens is 194 g/mol. The van der Waals surface area contributed by atoms with Gasteiger partial charge in [-0.05, 0) is 41.7 Å². The van der Waals surface area contributed by atoms with Crippen molar-refractivity contribution in [3.63, 3.8) is 0 Å². The van der Waals surface area contributed by atoms with Gasteiger partial charge in [-0.3, -0.25) is 4.98 Å². The van der Waals surface area contributed by atoms with Crippen LogP contribution in [0.25, 0.3) is 5.57 Å². The molecule has 1 aromatic carbocycles. The Hall–Kier alpha value is -1.89. The lowest BCUT2D eigenvalue weighted by molar-refractivity contribution is 1.14. The van der Waals surface area contributed by atoms with Crippen molar-refractivity contribution in [1.29, 1.82) is 0 Å². The van der Waals surface area contributed by atoms with Gasteiger partial charge >= 0.3 is 0 Å². The van der Waals surface area contributed by atoms with Crippen molar-refractivity contribution in [2.45, 2.75) is 13.3 Å². The highest BCUT2D eigenvalue weighted by Crippen LogP contribution is 2.14. The Morgan fingerprint density at radius 2 is 1.88 bits per heavy atom. The molecule has 0 N–H and O–H groups in total. The number of pyridine rings is 1. The van der Waals surface area contributed by atoms with Gasteiger partial charge < -0.3 is 0 Å². The summed E-state index contributed by atoms with van der Waals surface area (Å²) in [7, 11) is 0. The molecule has 0 unspecified atom stereocenters. The molecule has 16 heavy (non-hydrogen) atoms. The number of aromatic nitrogens is 1. The Morgan fingerprint density at radius 1 is 1.12 bits per heavy atom. The second kappa shape index (κ2) is 4.75. The van der Waals surface area contributed by atoms with Gasteiger partial charge in [0.1, 0.15) is 0 Å². The van der Waals surface area contributed by atoms with Crippen LogP contribution in [-0.4, -0.2) is 4.98 Å². The molecule has 1 nitrogen and oxygen atoms in total. The number of hydrogen-bond acceptors (Lipinski definition) is 1. The third kappa shape index (κ3) is 2.57. The highest BCUT2D eigenvalue weighted by atomic mass is 14.6. The molecule has 1 aromatic heterocycles. The van der Waals surface area contributed by atoms with Gasteiger partial charge in [0.2, 0.25) is 0 Å². The van der Waals surface area contributed by atoms with Crippen molar-refractivity contribution in [2.75, 3.05) is 0 Å². The van der Waals surface area contributed by atoms with E-state index in [2.05, 4.69) is 35.3 Å². The number of hydrogen-bond donors (Lipinski definition) is 0. The first-order chi connectivity index (χ1) is 7.75. The molecule has 0 amide bonds. The standard InChI is InChI=1S/C15H14N/c1-12(2)15-7-5-13(6-8-15)10-14-4-3-9-16-11-14/h1,3-9,11H,10H2,2H3. The average Bonchev–Trinajstić information content (AvgIpc) is 2.31. The molecule has 0 saturated carbocycles. The van der Waals surface area contributed by atoms with Crippen molar-refractivity contribution in [2.24, 2.45) is 0 Å². The van der Waals surface area contributed by atoms with Gasteiger partial charge in [-0.15, -0.1) is 0 Å². The summed E-state index contributed by atoms with van der Waals surface area (Å²) in [6, 6.07) is 12.4. The SMILES string of the molecule is [CH]=C(C)c1ccc(Cc2cccnc2)cc1. The monoisotopic (exact) mass is 208 g/mol. The van der Waals surface area contributed by atoms with E-state index in [1.165, 1.54) is 11.1 Å². The molecule has 0 spiro atoms. The minimum Gasteiger partial charge on any atom is -0.264 e. The lowest BCUT2D eigenvalue weighted by Gasteiger charge is -2.03. The quantitative estimate of drug-likeness (QED) is 0.752. The summed E-state index contributed by atoms with van der Waals surface area (Å²) in [5.41, 5.74) is 4.45. The first kappa shape index (κ1) is 10.6. The number of rotatable bonds is 3. The van der Waals surface area contributed by atoms with E-state index in [0.717, 1.165) is 17.6 Å². The van der Waals surface area contributed by atoms with Gasteiger partial charge in [0.15, 0.2) is 0 Å². The van der Waals surface area contributed by atoms with Gasteiger partial charge in [0.25, 0.3) is 0 Å². The predicted molar refractivity (Wildman–Crippen MR) is 66.9 cm³/mol. The van der Waals surface area contributed by atoms with Crippen LogP contribution >= 0.6 is 0 Å². The van der Waals surface area contributed by atoms with E-state index in [1.807, 2.05) is 19.2 Å². The molecule has 0 aliphatic rings. The second-order valence-electron chi connectivity index (χ2n) is 3.92. The molecule has 0 saturated heterocycles. The Kier molecular flexibility index (Phi) is 3.16. The van der Waals surface area contributed by atoms with Crippen molar-refractivity contribution in [3.8, 4) is 0 Å². The molecule has 0 bridgehead atoms. The van der Waals surface area contributed by atoms with Crippen LogP contribution in [0.3, 0.4) is 0 Å². The maximum absolute atomic E-state index is 5.72. The van der Waals surface area contributed by atoms with E-state index in [1.54, 1.807) is 6.20 Å². The lowest BCUT2D eigenvalue weighted by atomic mass is 10.0. The van der Waals surface area contributed by atoms with E-state index in [4.69, 9.17) is 6.58 Å². The minimum atomic E-state index is 0.855. The van der Waals surface area contributed by atoms with E-state index in [0.29, 0.717) is 0 Å². The first-order valence-corrected chi connectivity index (χ1v) is 5.33. The van der Waals surface area contributed by atoms with Gasteiger partial charge in [0, 0.05) is 12.4 Å². The topological polar surface area (TPSA) is 12.9 Å². The molecule has 0 atom stereocenters. The van der Waals surface area contributed by atoms with Crippen LogP contribution in [0.5, 0.6) is 0 Å². The Morgan fingerprint density at radius 3 is 2.44 bits per heavy atom. The normalized spacial score (nSPS) is 10.1. The number of benzene rings is 1. The van der Waals surface area contributed by atoms with Crippen LogP contribution in [0.1, 0.15) is 23.6 Å². The highest BCUT2D eigenvalue weighted by Gasteiger charge is 1.97. The van der Waals surface area contributed by atoms with Crippen LogP contribution in [0.4, 0.5) is 0 Å². The largest absolute Gasteiger partial charge is 0.264 e. The Labute approximate surface area is 96.5 Å². The molecule has 1 radical (unpaired) electrons. The summed E-state index contributed by atoms with van der Waals surface area (Å²) in [6.45, 7) is 7.64. The van der Waals surface area contributed by atoms with E-state index >= 15 is 0 Å². The summed E-state index contributed by atoms with van der Waals surface area (Å²) in [5.74, 6) is 0. The molecule has 2 aromatic rings. The van der Waals surface area contributed by atoms with E-state index in [-0.39, 0.29) is 0 Å². The van der Waals surface area contributed by atoms with Crippen LogP contribution < -0.4 is 0 Å². The second-order valence-corrected chi connectivity index (χ2v) is 3.92. The summed E-state index contributed by atoms with van der Waals surface area (Å²) in [5, 5.41) is 0. The van der Waals surface area contributed by atoms with Crippen LogP contribution in [0, 0.1) is 6.58 Å². The zero-order valence-electron chi connectivity index (χ0n) is 9.35. The summed E-state index contributed by atoms with van der Waals surface area (Å²) in [6.07, 6.45) is 4.60. The molecule has 1 heteroatoms. The molecule has 0 aliphatic heterocycles. The fourth-order valence-corrected chi connectivity index (χ4v) is 1.62. The van der Waals surface area contributed by atoms with Crippen molar-refractivity contribution in [3.05, 3.63) is 72.1 Å². The number of allylic oxidation sites excluding steroid dienone is 1. The molecule has 1 heterocycles. The maximum atomic E-state index is 5.72. The molecular formula is C15H14N. The van der Waals surface area contributed by atoms with Crippen LogP contribution in [0.2, 0.25) is 0 Å². The Bertz CT molecular complexity index is 469. The smallest absolute Gasteiger partial charge is 0.0303 e. The van der Waals surface area contributed by atoms with Gasteiger partial charge in [-0.25, -0.2) is 0 Å². The van der Waals surface area contributed by atoms with Crippen molar-refractivity contribution < 1.29 is 0 Å². The third-order valence-corrected chi connectivity index (χ3v) is 2.54. The zero-order valence-corrected chi connectivity index (χ0v) is 9.35. The molecule has 0 fully saturated rings. The predicted octanol–water partition coefficient (Wildman–Crippen LogP) is 3.51.